The van der Waals surface area contributed by atoms with Gasteiger partial charge in [-0.1, -0.05) is 25.7 Å². The number of rotatable bonds is 2. The van der Waals surface area contributed by atoms with E-state index in [1.165, 1.54) is 30.6 Å². The number of amides is 4. The van der Waals surface area contributed by atoms with Gasteiger partial charge in [-0.05, 0) is 44.4 Å². The molecule has 2 saturated heterocycles. The number of hydrogen-bond acceptors (Lipinski definition) is 3. The third kappa shape index (κ3) is 2.50. The van der Waals surface area contributed by atoms with Crippen LogP contribution in [0.4, 0.5) is 4.79 Å². The van der Waals surface area contributed by atoms with Crippen LogP contribution < -0.4 is 5.32 Å². The van der Waals surface area contributed by atoms with Crippen LogP contribution in [0.3, 0.4) is 0 Å². The highest BCUT2D eigenvalue weighted by molar-refractivity contribution is 6.09. The average molecular weight is 333 g/mol. The minimum Gasteiger partial charge on any atom is -0.338 e. The van der Waals surface area contributed by atoms with Gasteiger partial charge in [0.1, 0.15) is 12.1 Å². The maximum atomic E-state index is 12.9. The van der Waals surface area contributed by atoms with Gasteiger partial charge in [-0.2, -0.15) is 0 Å². The Morgan fingerprint density at radius 2 is 1.75 bits per heavy atom. The zero-order valence-electron chi connectivity index (χ0n) is 14.3. The van der Waals surface area contributed by atoms with Crippen molar-refractivity contribution in [2.24, 2.45) is 5.92 Å². The van der Waals surface area contributed by atoms with E-state index < -0.39 is 5.54 Å². The van der Waals surface area contributed by atoms with Crippen LogP contribution in [0.15, 0.2) is 0 Å². The molecule has 2 atom stereocenters. The molecule has 0 bridgehead atoms. The molecule has 4 amide bonds. The molecule has 0 unspecified atom stereocenters. The molecule has 6 nitrogen and oxygen atoms in total. The van der Waals surface area contributed by atoms with Crippen molar-refractivity contribution in [1.82, 2.24) is 15.1 Å². The summed E-state index contributed by atoms with van der Waals surface area (Å²) < 4.78 is 0. The molecule has 4 aliphatic rings. The SMILES string of the molecule is O=C1NC2(CCCC2)C(=O)N1CC(=O)N1CCC[C@@H]2CCCC[C@H]21. The smallest absolute Gasteiger partial charge is 0.325 e. The second kappa shape index (κ2) is 6.05. The molecule has 4 fully saturated rings. The lowest BCUT2D eigenvalue weighted by Gasteiger charge is -2.44. The fourth-order valence-electron chi connectivity index (χ4n) is 5.30. The number of carbonyl (C=O) groups excluding carboxylic acids is 3. The molecule has 2 aliphatic heterocycles. The molecule has 2 aliphatic carbocycles. The van der Waals surface area contributed by atoms with Gasteiger partial charge < -0.3 is 10.2 Å². The fourth-order valence-corrected chi connectivity index (χ4v) is 5.30. The standard InChI is InChI=1S/C18H27N3O3/c22-15(20-11-5-7-13-6-1-2-8-14(13)20)12-21-16(23)18(19-17(21)24)9-3-4-10-18/h13-14H,1-12H2,(H,19,24)/t13-,14+/m0/s1. The van der Waals surface area contributed by atoms with E-state index in [0.29, 0.717) is 24.8 Å². The molecule has 1 N–H and O–H groups in total. The lowest BCUT2D eigenvalue weighted by atomic mass is 9.78. The highest BCUT2D eigenvalue weighted by Crippen LogP contribution is 2.37. The van der Waals surface area contributed by atoms with Gasteiger partial charge in [0, 0.05) is 12.6 Å². The van der Waals surface area contributed by atoms with Gasteiger partial charge in [-0.25, -0.2) is 4.79 Å². The number of hydrogen-bond donors (Lipinski definition) is 1. The molecule has 0 aromatic heterocycles. The zero-order chi connectivity index (χ0) is 16.7. The first-order valence-corrected chi connectivity index (χ1v) is 9.54. The topological polar surface area (TPSA) is 69.7 Å². The molecule has 132 valence electrons. The molecule has 2 heterocycles. The molecule has 2 saturated carbocycles. The van der Waals surface area contributed by atoms with Crippen LogP contribution in [0, 0.1) is 5.92 Å². The summed E-state index contributed by atoms with van der Waals surface area (Å²) in [5.41, 5.74) is -0.716. The van der Waals surface area contributed by atoms with Crippen molar-refractivity contribution in [1.29, 1.82) is 0 Å². The Labute approximate surface area is 142 Å². The maximum absolute atomic E-state index is 12.9. The van der Waals surface area contributed by atoms with Crippen LogP contribution >= 0.6 is 0 Å². The quantitative estimate of drug-likeness (QED) is 0.786. The number of imide groups is 1. The Bertz CT molecular complexity index is 554. The van der Waals surface area contributed by atoms with Crippen molar-refractivity contribution in [2.45, 2.75) is 75.8 Å². The van der Waals surface area contributed by atoms with Crippen LogP contribution in [0.5, 0.6) is 0 Å². The molecular weight excluding hydrogens is 306 g/mol. The normalized spacial score (nSPS) is 32.2. The van der Waals surface area contributed by atoms with E-state index >= 15 is 0 Å². The molecule has 0 aromatic rings. The number of likely N-dealkylation sites (tertiary alicyclic amines) is 1. The molecule has 6 heteroatoms. The first-order chi connectivity index (χ1) is 11.6. The van der Waals surface area contributed by atoms with Crippen LogP contribution in [0.1, 0.15) is 64.2 Å². The maximum Gasteiger partial charge on any atom is 0.325 e. The predicted molar refractivity (Wildman–Crippen MR) is 88.1 cm³/mol. The summed E-state index contributed by atoms with van der Waals surface area (Å²) in [7, 11) is 0. The fraction of sp³-hybridized carbons (Fsp3) is 0.833. The van der Waals surface area contributed by atoms with Gasteiger partial charge in [-0.3, -0.25) is 14.5 Å². The second-order valence-electron chi connectivity index (χ2n) is 7.95. The molecule has 0 radical (unpaired) electrons. The molecular formula is C18H27N3O3. The van der Waals surface area contributed by atoms with Crippen LogP contribution in [0.2, 0.25) is 0 Å². The number of nitrogens with one attached hydrogen (secondary N) is 1. The highest BCUT2D eigenvalue weighted by atomic mass is 16.2. The Hall–Kier alpha value is -1.59. The first kappa shape index (κ1) is 15.9. The van der Waals surface area contributed by atoms with E-state index in [0.717, 1.165) is 32.2 Å². The lowest BCUT2D eigenvalue weighted by Crippen LogP contribution is -2.53. The number of urea groups is 1. The zero-order valence-corrected chi connectivity index (χ0v) is 14.3. The summed E-state index contributed by atoms with van der Waals surface area (Å²) in [6.45, 7) is 0.685. The van der Waals surface area contributed by atoms with E-state index in [1.807, 2.05) is 4.90 Å². The largest absolute Gasteiger partial charge is 0.338 e. The lowest BCUT2D eigenvalue weighted by molar-refractivity contribution is -0.142. The van der Waals surface area contributed by atoms with Crippen LogP contribution in [-0.2, 0) is 9.59 Å². The van der Waals surface area contributed by atoms with E-state index in [1.54, 1.807) is 0 Å². The Kier molecular flexibility index (Phi) is 4.01. The summed E-state index contributed by atoms with van der Waals surface area (Å²) in [4.78, 5) is 41.0. The van der Waals surface area contributed by atoms with Crippen LogP contribution in [0.25, 0.3) is 0 Å². The van der Waals surface area contributed by atoms with Crippen molar-refractivity contribution in [3.8, 4) is 0 Å². The van der Waals surface area contributed by atoms with Crippen molar-refractivity contribution in [3.05, 3.63) is 0 Å². The minimum absolute atomic E-state index is 0.0508. The van der Waals surface area contributed by atoms with Gasteiger partial charge in [-0.15, -0.1) is 0 Å². The van der Waals surface area contributed by atoms with Crippen molar-refractivity contribution >= 4 is 17.8 Å². The van der Waals surface area contributed by atoms with Crippen LogP contribution in [-0.4, -0.2) is 52.3 Å². The van der Waals surface area contributed by atoms with E-state index in [-0.39, 0.29) is 24.4 Å². The Morgan fingerprint density at radius 3 is 2.54 bits per heavy atom. The van der Waals surface area contributed by atoms with E-state index in [4.69, 9.17) is 0 Å². The number of piperidine rings is 1. The third-order valence-corrected chi connectivity index (χ3v) is 6.56. The van der Waals surface area contributed by atoms with E-state index in [9.17, 15) is 14.4 Å². The Balaban J connectivity index is 1.45. The average Bonchev–Trinajstić information content (AvgIpc) is 3.15. The number of carbonyl (C=O) groups is 3. The minimum atomic E-state index is -0.716. The van der Waals surface area contributed by atoms with Gasteiger partial charge in [0.2, 0.25) is 5.91 Å². The molecule has 4 rings (SSSR count). The van der Waals surface area contributed by atoms with Gasteiger partial charge in [0.25, 0.3) is 5.91 Å². The number of fused-ring (bicyclic) bond motifs is 1. The number of nitrogens with zero attached hydrogens (tertiary/aromatic N) is 2. The molecule has 1 spiro atoms. The Morgan fingerprint density at radius 1 is 1.04 bits per heavy atom. The highest BCUT2D eigenvalue weighted by Gasteiger charge is 2.53. The summed E-state index contributed by atoms with van der Waals surface area (Å²) in [5.74, 6) is 0.376. The first-order valence-electron chi connectivity index (χ1n) is 9.54. The molecule has 24 heavy (non-hydrogen) atoms. The second-order valence-corrected chi connectivity index (χ2v) is 7.95. The summed E-state index contributed by atoms with van der Waals surface area (Å²) in [6, 6.07) is -0.0614. The monoisotopic (exact) mass is 333 g/mol. The van der Waals surface area contributed by atoms with Crippen molar-refractivity contribution < 1.29 is 14.4 Å². The predicted octanol–water partition coefficient (Wildman–Crippen LogP) is 2.03. The summed E-state index contributed by atoms with van der Waals surface area (Å²) in [6.07, 6.45) is 10.3. The van der Waals surface area contributed by atoms with Crippen molar-refractivity contribution in [2.75, 3.05) is 13.1 Å². The van der Waals surface area contributed by atoms with Gasteiger partial charge >= 0.3 is 6.03 Å². The third-order valence-electron chi connectivity index (χ3n) is 6.56. The van der Waals surface area contributed by atoms with E-state index in [2.05, 4.69) is 5.32 Å². The van der Waals surface area contributed by atoms with Gasteiger partial charge in [0.05, 0.1) is 0 Å². The molecule has 0 aromatic carbocycles. The summed E-state index contributed by atoms with van der Waals surface area (Å²) in [5, 5.41) is 2.86. The van der Waals surface area contributed by atoms with Crippen molar-refractivity contribution in [3.63, 3.8) is 0 Å². The summed E-state index contributed by atoms with van der Waals surface area (Å²) >= 11 is 0. The van der Waals surface area contributed by atoms with Gasteiger partial charge in [0.15, 0.2) is 0 Å².